The maximum absolute atomic E-state index is 12.5. The minimum atomic E-state index is -0.608. The van der Waals surface area contributed by atoms with Gasteiger partial charge in [-0.05, 0) is 132 Å². The molecule has 0 bridgehead atoms. The molecule has 0 saturated carbocycles. The van der Waals surface area contributed by atoms with Crippen LogP contribution in [0.15, 0.2) is 82.3 Å². The Morgan fingerprint density at radius 1 is 0.652 bits per heavy atom. The fourth-order valence-electron chi connectivity index (χ4n) is 3.68. The highest BCUT2D eigenvalue weighted by molar-refractivity contribution is 7.27. The highest BCUT2D eigenvalue weighted by atomic mass is 35.5. The maximum atomic E-state index is 12.5. The van der Waals surface area contributed by atoms with Gasteiger partial charge in [-0.1, -0.05) is 0 Å². The number of Topliss-reactive ketones (excluding diaryl/α,β-unsaturated/α-hetero) is 1. The standard InChI is InChI=1S/C16H17N3O2P2.C8H5Cl2O2P.C6H8N3P/c1-9(20)10-3-11(5-14(4-10)19-23)16(21)18-13-6-12(17-2)7-15(22)8-13;9-7(11)4-1-5(8(10)12)3-6(13)2-4;7-4-1-5(8)3-6(2-4)9-10/h3-8,17,23H,22H2,1-2H3,(H,18,21);1-3H,13H2;1-3,10H,7-8H2. The predicted molar refractivity (Wildman–Crippen MR) is 202 cm³/mol. The van der Waals surface area contributed by atoms with E-state index in [0.29, 0.717) is 39.2 Å². The van der Waals surface area contributed by atoms with E-state index >= 15 is 0 Å². The molecule has 4 aromatic carbocycles. The van der Waals surface area contributed by atoms with Gasteiger partial charge in [0.25, 0.3) is 16.4 Å². The Labute approximate surface area is 285 Å². The topological polar surface area (TPSA) is 169 Å². The zero-order valence-electron chi connectivity index (χ0n) is 24.5. The molecule has 1 amide bonds. The van der Waals surface area contributed by atoms with E-state index in [-0.39, 0.29) is 22.8 Å². The Hall–Kier alpha value is -3.60. The van der Waals surface area contributed by atoms with E-state index in [9.17, 15) is 19.2 Å². The average molecular weight is 733 g/mol. The molecular formula is C30H30Cl2N6O4P4. The highest BCUT2D eigenvalue weighted by Crippen LogP contribution is 2.22. The molecule has 0 spiro atoms. The Balaban J connectivity index is 0.000000269. The van der Waals surface area contributed by atoms with Crippen molar-refractivity contribution in [1.29, 1.82) is 0 Å². The zero-order valence-corrected chi connectivity index (χ0v) is 30.3. The third-order valence-electron chi connectivity index (χ3n) is 5.72. The smallest absolute Gasteiger partial charge is 0.255 e. The first-order chi connectivity index (χ1) is 21.6. The number of hydrogen-bond donors (Lipinski definition) is 4. The number of carbonyl (C=O) groups excluding carboxylic acids is 4. The lowest BCUT2D eigenvalue weighted by atomic mass is 10.1. The van der Waals surface area contributed by atoms with Crippen LogP contribution < -0.4 is 32.7 Å². The molecule has 0 aliphatic heterocycles. The molecule has 10 nitrogen and oxygen atoms in total. The Morgan fingerprint density at radius 2 is 1.11 bits per heavy atom. The van der Waals surface area contributed by atoms with Crippen molar-refractivity contribution in [2.75, 3.05) is 29.1 Å². The van der Waals surface area contributed by atoms with Crippen molar-refractivity contribution in [2.45, 2.75) is 6.92 Å². The zero-order chi connectivity index (χ0) is 34.6. The Morgan fingerprint density at radius 3 is 1.59 bits per heavy atom. The second kappa shape index (κ2) is 18.5. The summed E-state index contributed by atoms with van der Waals surface area (Å²) in [6.07, 6.45) is 0. The van der Waals surface area contributed by atoms with Gasteiger partial charge in [-0.25, -0.2) is 9.49 Å². The number of ketones is 1. The van der Waals surface area contributed by atoms with E-state index in [0.717, 1.165) is 16.7 Å². The van der Waals surface area contributed by atoms with Gasteiger partial charge < -0.3 is 22.1 Å². The van der Waals surface area contributed by atoms with Crippen LogP contribution in [0.1, 0.15) is 48.4 Å². The van der Waals surface area contributed by atoms with Crippen LogP contribution in [0.25, 0.3) is 0 Å². The minimum absolute atomic E-state index is 0.124. The van der Waals surface area contributed by atoms with E-state index in [1.807, 2.05) is 25.2 Å². The summed E-state index contributed by atoms with van der Waals surface area (Å²) in [4.78, 5) is 45.6. The normalized spacial score (nSPS) is 9.78. The van der Waals surface area contributed by atoms with Crippen LogP contribution in [0.2, 0.25) is 0 Å². The minimum Gasteiger partial charge on any atom is -0.399 e. The summed E-state index contributed by atoms with van der Waals surface area (Å²) >= 11 is 10.5. The van der Waals surface area contributed by atoms with Crippen LogP contribution in [0, 0.1) is 0 Å². The molecule has 0 aromatic heterocycles. The summed E-state index contributed by atoms with van der Waals surface area (Å²) in [5.74, 6) is -0.428. The lowest BCUT2D eigenvalue weighted by molar-refractivity contribution is 0.101. The summed E-state index contributed by atoms with van der Waals surface area (Å²) < 4.78 is 7.60. The molecule has 4 aromatic rings. The van der Waals surface area contributed by atoms with Crippen LogP contribution in [0.4, 0.5) is 34.1 Å². The third kappa shape index (κ3) is 12.7. The summed E-state index contributed by atoms with van der Waals surface area (Å²) in [6, 6.07) is 20.0. The number of amides is 1. The van der Waals surface area contributed by atoms with Gasteiger partial charge >= 0.3 is 0 Å². The van der Waals surface area contributed by atoms with Gasteiger partial charge in [0.2, 0.25) is 0 Å². The van der Waals surface area contributed by atoms with Crippen LogP contribution in [0.3, 0.4) is 0 Å². The molecule has 0 heterocycles. The van der Waals surface area contributed by atoms with Crippen LogP contribution in [-0.2, 0) is 0 Å². The van der Waals surface area contributed by atoms with Crippen LogP contribution in [-0.4, -0.2) is 29.2 Å². The van der Waals surface area contributed by atoms with Gasteiger partial charge in [0.1, 0.15) is 0 Å². The van der Waals surface area contributed by atoms with E-state index in [4.69, 9.17) is 34.7 Å². The number of hydrogen-bond acceptors (Lipinski definition) is 9. The van der Waals surface area contributed by atoms with E-state index in [2.05, 4.69) is 56.7 Å². The number of benzene rings is 4. The molecule has 6 N–H and O–H groups in total. The first-order valence-corrected chi connectivity index (χ1v) is 15.7. The molecule has 4 rings (SSSR count). The van der Waals surface area contributed by atoms with Gasteiger partial charge in [-0.2, -0.15) is 0 Å². The van der Waals surface area contributed by atoms with Gasteiger partial charge in [0.05, 0.1) is 11.4 Å². The molecule has 238 valence electrons. The number of nitrogen functional groups attached to an aromatic ring is 2. The van der Waals surface area contributed by atoms with Crippen molar-refractivity contribution in [3.63, 3.8) is 0 Å². The number of nitrogens with two attached hydrogens (primary N) is 2. The molecule has 2 unspecified atom stereocenters. The molecule has 0 radical (unpaired) electrons. The first-order valence-electron chi connectivity index (χ1n) is 12.9. The number of carbonyl (C=O) groups is 4. The summed E-state index contributed by atoms with van der Waals surface area (Å²) in [7, 11) is 12.8. The van der Waals surface area contributed by atoms with Crippen LogP contribution >= 0.6 is 59.7 Å². The molecule has 0 aliphatic carbocycles. The van der Waals surface area contributed by atoms with Crippen molar-refractivity contribution in [1.82, 2.24) is 0 Å². The third-order valence-corrected chi connectivity index (χ3v) is 7.34. The summed E-state index contributed by atoms with van der Waals surface area (Å²) in [5, 5.41) is 6.28. The second-order valence-corrected chi connectivity index (χ2v) is 11.8. The van der Waals surface area contributed by atoms with Gasteiger partial charge in [-0.3, -0.25) is 19.2 Å². The number of anilines is 4. The highest BCUT2D eigenvalue weighted by Gasteiger charge is 2.12. The van der Waals surface area contributed by atoms with E-state index in [1.165, 1.54) is 13.0 Å². The lowest BCUT2D eigenvalue weighted by Gasteiger charge is -2.10. The van der Waals surface area contributed by atoms with E-state index in [1.54, 1.807) is 48.5 Å². The summed E-state index contributed by atoms with van der Waals surface area (Å²) in [6.45, 7) is 1.45. The number of nitrogens with one attached hydrogen (secondary N) is 2. The molecule has 0 aliphatic rings. The monoisotopic (exact) mass is 732 g/mol. The average Bonchev–Trinajstić information content (AvgIpc) is 3.00. The number of nitrogens with zero attached hydrogens (tertiary/aromatic N) is 2. The maximum Gasteiger partial charge on any atom is 0.255 e. The van der Waals surface area contributed by atoms with Crippen LogP contribution in [0.5, 0.6) is 0 Å². The molecule has 46 heavy (non-hydrogen) atoms. The molecule has 16 heteroatoms. The van der Waals surface area contributed by atoms with E-state index < -0.39 is 10.5 Å². The molecule has 0 saturated heterocycles. The fraction of sp³-hybridized carbons (Fsp3) is 0.0667. The fourth-order valence-corrected chi connectivity index (χ4v) is 4.88. The predicted octanol–water partition coefficient (Wildman–Crippen LogP) is 7.40. The van der Waals surface area contributed by atoms with Gasteiger partial charge in [-0.15, -0.1) is 18.5 Å². The van der Waals surface area contributed by atoms with Crippen molar-refractivity contribution >= 4 is 127 Å². The van der Waals surface area contributed by atoms with Crippen molar-refractivity contribution < 1.29 is 19.2 Å². The van der Waals surface area contributed by atoms with Gasteiger partial charge in [0.15, 0.2) is 5.78 Å². The SMILES string of the molecule is CNc1cc(P)cc(NC(=O)c2cc(N=P)cc(C(C)=O)c2)c1.Nc1cc(N)cc(N=P)c1.O=C(Cl)c1cc(P)cc(C(=O)Cl)c1. The van der Waals surface area contributed by atoms with Crippen molar-refractivity contribution in [3.05, 3.63) is 95.1 Å². The van der Waals surface area contributed by atoms with Crippen molar-refractivity contribution in [3.8, 4) is 0 Å². The first kappa shape index (κ1) is 38.6. The molecule has 0 fully saturated rings. The lowest BCUT2D eigenvalue weighted by Crippen LogP contribution is -2.14. The Bertz CT molecular complexity index is 1770. The number of rotatable bonds is 8. The second-order valence-electron chi connectivity index (χ2n) is 9.35. The largest absolute Gasteiger partial charge is 0.399 e. The Kier molecular flexibility index (Phi) is 15.5. The molecule has 2 atom stereocenters. The summed E-state index contributed by atoms with van der Waals surface area (Å²) in [5.41, 5.74) is 16.3. The van der Waals surface area contributed by atoms with Crippen molar-refractivity contribution in [2.24, 2.45) is 9.49 Å². The quantitative estimate of drug-likeness (QED) is 0.0633. The molecular weight excluding hydrogens is 703 g/mol. The van der Waals surface area contributed by atoms with Gasteiger partial charge in [0, 0.05) is 52.1 Å². The number of halogens is 2.